The zero-order valence-electron chi connectivity index (χ0n) is 11.2. The van der Waals surface area contributed by atoms with E-state index in [2.05, 4.69) is 18.8 Å². The zero-order valence-corrected chi connectivity index (χ0v) is 12.0. The summed E-state index contributed by atoms with van der Waals surface area (Å²) in [7, 11) is 0. The summed E-state index contributed by atoms with van der Waals surface area (Å²) in [5, 5.41) is 0.612. The fourth-order valence-corrected chi connectivity index (χ4v) is 3.01. The van der Waals surface area contributed by atoms with E-state index in [9.17, 15) is 9.59 Å². The van der Waals surface area contributed by atoms with Crippen molar-refractivity contribution in [1.82, 2.24) is 9.55 Å². The molecule has 0 atom stereocenters. The maximum absolute atomic E-state index is 12.3. The fourth-order valence-electron chi connectivity index (χ4n) is 1.97. The highest BCUT2D eigenvalue weighted by molar-refractivity contribution is 7.18. The topological polar surface area (TPSA) is 80.9 Å². The van der Waals surface area contributed by atoms with E-state index in [0.717, 1.165) is 17.7 Å². The van der Waals surface area contributed by atoms with Crippen molar-refractivity contribution in [3.05, 3.63) is 31.8 Å². The van der Waals surface area contributed by atoms with Gasteiger partial charge in [-0.1, -0.05) is 13.8 Å². The molecule has 0 bridgehead atoms. The van der Waals surface area contributed by atoms with E-state index in [1.54, 1.807) is 0 Å². The highest BCUT2D eigenvalue weighted by Gasteiger charge is 2.12. The van der Waals surface area contributed by atoms with Gasteiger partial charge < -0.3 is 5.73 Å². The van der Waals surface area contributed by atoms with Crippen LogP contribution in [0.25, 0.3) is 10.2 Å². The average Bonchev–Trinajstić information content (AvgIpc) is 2.77. The molecule has 0 saturated carbocycles. The Labute approximate surface area is 115 Å². The van der Waals surface area contributed by atoms with Gasteiger partial charge in [-0.3, -0.25) is 14.3 Å². The summed E-state index contributed by atoms with van der Waals surface area (Å²) < 4.78 is 1.27. The van der Waals surface area contributed by atoms with Crippen molar-refractivity contribution in [3.63, 3.8) is 0 Å². The largest absolute Gasteiger partial charge is 0.330 e. The number of aromatic nitrogens is 2. The lowest BCUT2D eigenvalue weighted by Gasteiger charge is -2.03. The molecule has 5 nitrogen and oxygen atoms in total. The van der Waals surface area contributed by atoms with Crippen LogP contribution in [0.3, 0.4) is 0 Å². The Morgan fingerprint density at radius 1 is 1.37 bits per heavy atom. The lowest BCUT2D eigenvalue weighted by atomic mass is 10.2. The lowest BCUT2D eigenvalue weighted by molar-refractivity contribution is 0.578. The van der Waals surface area contributed by atoms with Crippen molar-refractivity contribution in [3.8, 4) is 0 Å². The van der Waals surface area contributed by atoms with Crippen molar-refractivity contribution in [2.45, 2.75) is 39.2 Å². The highest BCUT2D eigenvalue weighted by atomic mass is 32.1. The van der Waals surface area contributed by atoms with Gasteiger partial charge in [-0.05, 0) is 31.4 Å². The number of hydrogen-bond acceptors (Lipinski definition) is 4. The molecular weight excluding hydrogens is 262 g/mol. The Bertz CT molecular complexity index is 681. The van der Waals surface area contributed by atoms with Crippen LogP contribution in [0.4, 0.5) is 0 Å². The summed E-state index contributed by atoms with van der Waals surface area (Å²) in [6, 6.07) is 1.89. The second-order valence-corrected chi connectivity index (χ2v) is 6.01. The standard InChI is InChI=1S/C13H19N3O2S/c1-8(2)10-7-9-11(19-10)15-13(18)16(12(9)17)6-4-3-5-14/h7-8H,3-6,14H2,1-2H3,(H,15,18). The summed E-state index contributed by atoms with van der Waals surface area (Å²) in [4.78, 5) is 28.8. The molecule has 0 aliphatic rings. The van der Waals surface area contributed by atoms with E-state index in [-0.39, 0.29) is 11.2 Å². The van der Waals surface area contributed by atoms with Crippen molar-refractivity contribution in [2.24, 2.45) is 5.73 Å². The van der Waals surface area contributed by atoms with E-state index in [1.165, 1.54) is 15.9 Å². The van der Waals surface area contributed by atoms with E-state index in [4.69, 9.17) is 5.73 Å². The zero-order chi connectivity index (χ0) is 14.0. The quantitative estimate of drug-likeness (QED) is 0.817. The monoisotopic (exact) mass is 281 g/mol. The minimum atomic E-state index is -0.327. The van der Waals surface area contributed by atoms with Crippen molar-refractivity contribution < 1.29 is 0 Å². The van der Waals surface area contributed by atoms with Crippen molar-refractivity contribution in [2.75, 3.05) is 6.54 Å². The summed E-state index contributed by atoms with van der Waals surface area (Å²) in [5.41, 5.74) is 4.90. The highest BCUT2D eigenvalue weighted by Crippen LogP contribution is 2.26. The number of nitrogens with two attached hydrogens (primary N) is 1. The number of aromatic amines is 1. The van der Waals surface area contributed by atoms with Gasteiger partial charge in [-0.25, -0.2) is 4.79 Å². The van der Waals surface area contributed by atoms with Crippen LogP contribution in [0.15, 0.2) is 15.7 Å². The smallest absolute Gasteiger partial charge is 0.329 e. The van der Waals surface area contributed by atoms with Gasteiger partial charge in [0, 0.05) is 11.4 Å². The first-order chi connectivity index (χ1) is 9.04. The molecular formula is C13H19N3O2S. The van der Waals surface area contributed by atoms with Gasteiger partial charge in [-0.15, -0.1) is 11.3 Å². The van der Waals surface area contributed by atoms with Crippen LogP contribution in [-0.4, -0.2) is 16.1 Å². The molecule has 0 amide bonds. The van der Waals surface area contributed by atoms with Gasteiger partial charge >= 0.3 is 5.69 Å². The first-order valence-corrected chi connectivity index (χ1v) is 7.33. The van der Waals surface area contributed by atoms with Gasteiger partial charge in [0.15, 0.2) is 0 Å². The molecule has 2 rings (SSSR count). The Morgan fingerprint density at radius 2 is 2.11 bits per heavy atom. The number of nitrogens with one attached hydrogen (secondary N) is 1. The Hall–Kier alpha value is -1.40. The Kier molecular flexibility index (Phi) is 4.21. The summed E-state index contributed by atoms with van der Waals surface area (Å²) in [6.07, 6.45) is 1.55. The minimum Gasteiger partial charge on any atom is -0.330 e. The SMILES string of the molecule is CC(C)c1cc2c(=O)n(CCCCN)c(=O)[nH]c2s1. The molecule has 0 aromatic carbocycles. The molecule has 0 unspecified atom stereocenters. The summed E-state index contributed by atoms with van der Waals surface area (Å²) >= 11 is 1.48. The number of fused-ring (bicyclic) bond motifs is 1. The van der Waals surface area contributed by atoms with Gasteiger partial charge in [0.05, 0.1) is 5.39 Å². The van der Waals surface area contributed by atoms with E-state index < -0.39 is 0 Å². The van der Waals surface area contributed by atoms with Gasteiger partial charge in [0.2, 0.25) is 0 Å². The predicted molar refractivity (Wildman–Crippen MR) is 79.1 cm³/mol. The second kappa shape index (κ2) is 5.71. The molecule has 3 N–H and O–H groups in total. The molecule has 0 fully saturated rings. The van der Waals surface area contributed by atoms with Crippen LogP contribution in [0.2, 0.25) is 0 Å². The third kappa shape index (κ3) is 2.79. The van der Waals surface area contributed by atoms with E-state index >= 15 is 0 Å². The molecule has 0 spiro atoms. The summed E-state index contributed by atoms with van der Waals surface area (Å²) in [5.74, 6) is 0.353. The Balaban J connectivity index is 2.49. The molecule has 0 saturated heterocycles. The molecule has 0 aliphatic carbocycles. The fraction of sp³-hybridized carbons (Fsp3) is 0.538. The van der Waals surface area contributed by atoms with E-state index in [0.29, 0.717) is 29.2 Å². The Morgan fingerprint density at radius 3 is 2.74 bits per heavy atom. The molecule has 2 aromatic rings. The van der Waals surface area contributed by atoms with Crippen LogP contribution in [0.5, 0.6) is 0 Å². The van der Waals surface area contributed by atoms with Gasteiger partial charge in [0.1, 0.15) is 4.83 Å². The van der Waals surface area contributed by atoms with Crippen LogP contribution >= 0.6 is 11.3 Å². The molecule has 0 aliphatic heterocycles. The lowest BCUT2D eigenvalue weighted by Crippen LogP contribution is -2.34. The minimum absolute atomic E-state index is 0.195. The third-order valence-corrected chi connectivity index (χ3v) is 4.45. The van der Waals surface area contributed by atoms with Crippen molar-refractivity contribution in [1.29, 1.82) is 0 Å². The molecule has 2 heterocycles. The maximum Gasteiger partial charge on any atom is 0.329 e. The summed E-state index contributed by atoms with van der Waals surface area (Å²) in [6.45, 7) is 5.14. The first-order valence-electron chi connectivity index (χ1n) is 6.51. The van der Waals surface area contributed by atoms with Crippen LogP contribution < -0.4 is 17.0 Å². The maximum atomic E-state index is 12.3. The predicted octanol–water partition coefficient (Wildman–Crippen LogP) is 1.61. The third-order valence-electron chi connectivity index (χ3n) is 3.10. The normalized spacial score (nSPS) is 11.6. The molecule has 104 valence electrons. The number of hydrogen-bond donors (Lipinski definition) is 2. The average molecular weight is 281 g/mol. The van der Waals surface area contributed by atoms with Crippen LogP contribution in [0.1, 0.15) is 37.5 Å². The second-order valence-electron chi connectivity index (χ2n) is 4.93. The molecule has 6 heteroatoms. The number of H-pyrrole nitrogens is 1. The van der Waals surface area contributed by atoms with Gasteiger partial charge in [0.25, 0.3) is 5.56 Å². The number of unbranched alkanes of at least 4 members (excludes halogenated alkanes) is 1. The molecule has 0 radical (unpaired) electrons. The molecule has 19 heavy (non-hydrogen) atoms. The van der Waals surface area contributed by atoms with Crippen molar-refractivity contribution >= 4 is 21.6 Å². The molecule has 2 aromatic heterocycles. The first kappa shape index (κ1) is 14.0. The van der Waals surface area contributed by atoms with Crippen LogP contribution in [-0.2, 0) is 6.54 Å². The number of nitrogens with zero attached hydrogens (tertiary/aromatic N) is 1. The van der Waals surface area contributed by atoms with Gasteiger partial charge in [-0.2, -0.15) is 0 Å². The van der Waals surface area contributed by atoms with E-state index in [1.807, 2.05) is 6.07 Å². The number of rotatable bonds is 5. The number of thiophene rings is 1. The van der Waals surface area contributed by atoms with Crippen LogP contribution in [0, 0.1) is 0 Å².